The Balaban J connectivity index is 0.00000648. The minimum atomic E-state index is 0. The van der Waals surface area contributed by atoms with E-state index in [0.717, 1.165) is 37.1 Å². The van der Waals surface area contributed by atoms with Crippen molar-refractivity contribution in [2.75, 3.05) is 0 Å². The topological polar surface area (TPSA) is 24.7 Å². The van der Waals surface area contributed by atoms with E-state index in [0.29, 0.717) is 0 Å². The standard InChI is InChI=1S/C33H50N2.Ni/c1-6-9-12-13-14-16-22-33(34-30-20-17-19-29(26-30)18-15-10-7-2)32(21-11-8-3)35-31-24-27(4)23-28(5)25-31;/h17,19-20,23-26H,6-16,18,21-22H2,1-5H3;. The van der Waals surface area contributed by atoms with Gasteiger partial charge in [0.25, 0.3) is 0 Å². The summed E-state index contributed by atoms with van der Waals surface area (Å²) in [6.45, 7) is 11.1. The smallest absolute Gasteiger partial charge is 0.0639 e. The van der Waals surface area contributed by atoms with Crippen molar-refractivity contribution in [3.05, 3.63) is 59.2 Å². The number of aryl methyl sites for hydroxylation is 3. The van der Waals surface area contributed by atoms with Crippen LogP contribution in [-0.4, -0.2) is 11.4 Å². The molecule has 2 aromatic rings. The number of nitrogens with zero attached hydrogens (tertiary/aromatic N) is 2. The Hall–Kier alpha value is -1.73. The van der Waals surface area contributed by atoms with Crippen molar-refractivity contribution in [2.45, 2.75) is 125 Å². The number of unbranched alkanes of at least 4 members (excludes halogenated alkanes) is 8. The number of hydrogen-bond donors (Lipinski definition) is 0. The van der Waals surface area contributed by atoms with Gasteiger partial charge in [-0.2, -0.15) is 0 Å². The molecule has 0 aliphatic heterocycles. The number of rotatable bonds is 17. The van der Waals surface area contributed by atoms with Gasteiger partial charge in [0, 0.05) is 16.5 Å². The van der Waals surface area contributed by atoms with Gasteiger partial charge in [-0.25, -0.2) is 0 Å². The van der Waals surface area contributed by atoms with Crippen LogP contribution in [0.25, 0.3) is 0 Å². The fraction of sp³-hybridized carbons (Fsp3) is 0.576. The van der Waals surface area contributed by atoms with Gasteiger partial charge in [-0.3, -0.25) is 9.98 Å². The Morgan fingerprint density at radius 1 is 0.583 bits per heavy atom. The van der Waals surface area contributed by atoms with Crippen molar-refractivity contribution in [2.24, 2.45) is 9.98 Å². The second-order valence-electron chi connectivity index (χ2n) is 10.2. The van der Waals surface area contributed by atoms with Crippen LogP contribution in [0.4, 0.5) is 11.4 Å². The van der Waals surface area contributed by atoms with Gasteiger partial charge in [0.05, 0.1) is 22.8 Å². The van der Waals surface area contributed by atoms with Crippen LogP contribution in [0, 0.1) is 13.8 Å². The Kier molecular flexibility index (Phi) is 17.4. The predicted octanol–water partition coefficient (Wildman–Crippen LogP) is 10.8. The second-order valence-corrected chi connectivity index (χ2v) is 10.2. The fourth-order valence-electron chi connectivity index (χ4n) is 4.63. The minimum absolute atomic E-state index is 0. The van der Waals surface area contributed by atoms with Gasteiger partial charge in [0.2, 0.25) is 0 Å². The summed E-state index contributed by atoms with van der Waals surface area (Å²) in [6, 6.07) is 15.5. The molecule has 0 atom stereocenters. The molecule has 3 heteroatoms. The van der Waals surface area contributed by atoms with Crippen LogP contribution in [0.2, 0.25) is 0 Å². The van der Waals surface area contributed by atoms with Crippen LogP contribution in [0.15, 0.2) is 52.4 Å². The second kappa shape index (κ2) is 19.4. The maximum absolute atomic E-state index is 5.26. The fourth-order valence-corrected chi connectivity index (χ4v) is 4.63. The van der Waals surface area contributed by atoms with Crippen LogP contribution < -0.4 is 0 Å². The van der Waals surface area contributed by atoms with Gasteiger partial charge < -0.3 is 0 Å². The van der Waals surface area contributed by atoms with Gasteiger partial charge in [-0.05, 0) is 93.3 Å². The van der Waals surface area contributed by atoms with Crippen molar-refractivity contribution in [1.82, 2.24) is 0 Å². The van der Waals surface area contributed by atoms with E-state index < -0.39 is 0 Å². The molecule has 0 aliphatic rings. The summed E-state index contributed by atoms with van der Waals surface area (Å²) < 4.78 is 0. The van der Waals surface area contributed by atoms with E-state index in [1.807, 2.05) is 0 Å². The van der Waals surface area contributed by atoms with Gasteiger partial charge in [-0.15, -0.1) is 0 Å². The molecule has 0 bridgehead atoms. The van der Waals surface area contributed by atoms with Gasteiger partial charge in [-0.1, -0.05) is 90.3 Å². The van der Waals surface area contributed by atoms with Crippen LogP contribution in [-0.2, 0) is 22.9 Å². The van der Waals surface area contributed by atoms with E-state index in [2.05, 4.69) is 77.1 Å². The van der Waals surface area contributed by atoms with E-state index >= 15 is 0 Å². The summed E-state index contributed by atoms with van der Waals surface area (Å²) in [4.78, 5) is 10.5. The molecule has 0 aromatic heterocycles. The molecule has 0 aliphatic carbocycles. The SMILES string of the molecule is CCCCCCCCC(=Nc1cccc(CCCCC)c1)C(CCCC)=Nc1cc(C)cc(C)c1.[Ni]. The Morgan fingerprint density at radius 3 is 1.81 bits per heavy atom. The Labute approximate surface area is 232 Å². The molecule has 2 nitrogen and oxygen atoms in total. The normalized spacial score (nSPS) is 12.0. The Bertz CT molecular complexity index is 909. The largest absolute Gasteiger partial charge is 0.252 e. The van der Waals surface area contributed by atoms with Crippen molar-refractivity contribution >= 4 is 22.8 Å². The summed E-state index contributed by atoms with van der Waals surface area (Å²) in [5.74, 6) is 0. The molecule has 36 heavy (non-hydrogen) atoms. The quantitative estimate of drug-likeness (QED) is 0.110. The van der Waals surface area contributed by atoms with E-state index in [-0.39, 0.29) is 16.5 Å². The zero-order valence-corrected chi connectivity index (χ0v) is 24.6. The molecule has 202 valence electrons. The number of hydrogen-bond acceptors (Lipinski definition) is 2. The molecule has 0 spiro atoms. The summed E-state index contributed by atoms with van der Waals surface area (Å²) in [6.07, 6.45) is 17.1. The van der Waals surface area contributed by atoms with Crippen molar-refractivity contribution in [3.63, 3.8) is 0 Å². The summed E-state index contributed by atoms with van der Waals surface area (Å²) in [7, 11) is 0. The zero-order chi connectivity index (χ0) is 25.3. The van der Waals surface area contributed by atoms with E-state index in [4.69, 9.17) is 9.98 Å². The van der Waals surface area contributed by atoms with E-state index in [9.17, 15) is 0 Å². The molecule has 0 radical (unpaired) electrons. The van der Waals surface area contributed by atoms with E-state index in [1.165, 1.54) is 92.3 Å². The molecule has 0 saturated heterocycles. The predicted molar refractivity (Wildman–Crippen MR) is 157 cm³/mol. The molecule has 0 saturated carbocycles. The molecular formula is C33H50N2Ni. The maximum Gasteiger partial charge on any atom is 0.0639 e. The molecule has 2 aromatic carbocycles. The van der Waals surface area contributed by atoms with Crippen LogP contribution in [0.3, 0.4) is 0 Å². The first-order chi connectivity index (χ1) is 17.0. The first kappa shape index (κ1) is 32.3. The van der Waals surface area contributed by atoms with Gasteiger partial charge in [0.15, 0.2) is 0 Å². The van der Waals surface area contributed by atoms with Crippen LogP contribution >= 0.6 is 0 Å². The molecule has 0 unspecified atom stereocenters. The van der Waals surface area contributed by atoms with Crippen molar-refractivity contribution in [3.8, 4) is 0 Å². The summed E-state index contributed by atoms with van der Waals surface area (Å²) >= 11 is 0. The number of benzene rings is 2. The average Bonchev–Trinajstić information content (AvgIpc) is 2.83. The maximum atomic E-state index is 5.26. The van der Waals surface area contributed by atoms with Crippen molar-refractivity contribution in [1.29, 1.82) is 0 Å². The average molecular weight is 533 g/mol. The summed E-state index contributed by atoms with van der Waals surface area (Å²) in [5, 5.41) is 0. The zero-order valence-electron chi connectivity index (χ0n) is 23.7. The third-order valence-corrected chi connectivity index (χ3v) is 6.58. The van der Waals surface area contributed by atoms with Gasteiger partial charge >= 0.3 is 0 Å². The molecule has 0 N–H and O–H groups in total. The third kappa shape index (κ3) is 13.0. The monoisotopic (exact) mass is 532 g/mol. The third-order valence-electron chi connectivity index (χ3n) is 6.58. The number of aliphatic imine (C=N–C) groups is 2. The molecule has 0 heterocycles. The summed E-state index contributed by atoms with van der Waals surface area (Å²) in [5.41, 5.74) is 8.48. The van der Waals surface area contributed by atoms with Gasteiger partial charge in [0.1, 0.15) is 0 Å². The molecule has 0 fully saturated rings. The van der Waals surface area contributed by atoms with E-state index in [1.54, 1.807) is 0 Å². The molecule has 2 rings (SSSR count). The molecular weight excluding hydrogens is 483 g/mol. The molecule has 0 amide bonds. The van der Waals surface area contributed by atoms with Crippen molar-refractivity contribution < 1.29 is 16.5 Å². The first-order valence-electron chi connectivity index (χ1n) is 14.4. The Morgan fingerprint density at radius 2 is 1.14 bits per heavy atom. The van der Waals surface area contributed by atoms with Crippen LogP contribution in [0.1, 0.15) is 121 Å². The minimum Gasteiger partial charge on any atom is -0.252 e. The van der Waals surface area contributed by atoms with Crippen LogP contribution in [0.5, 0.6) is 0 Å². The first-order valence-corrected chi connectivity index (χ1v) is 14.4.